The summed E-state index contributed by atoms with van der Waals surface area (Å²) in [6.07, 6.45) is -0.0465. The van der Waals surface area contributed by atoms with Gasteiger partial charge in [0, 0.05) is 11.3 Å². The number of aliphatic carboxylic acids is 1. The summed E-state index contributed by atoms with van der Waals surface area (Å²) >= 11 is 0. The summed E-state index contributed by atoms with van der Waals surface area (Å²) < 4.78 is 0. The van der Waals surface area contributed by atoms with Gasteiger partial charge in [-0.25, -0.2) is 4.98 Å². The normalized spacial score (nSPS) is 9.71. The maximum absolute atomic E-state index is 10.6. The zero-order valence-electron chi connectivity index (χ0n) is 9.30. The Balaban J connectivity index is 0.00000144. The van der Waals surface area contributed by atoms with Crippen molar-refractivity contribution in [1.29, 1.82) is 0 Å². The number of aryl methyl sites for hydroxylation is 1. The van der Waals surface area contributed by atoms with Gasteiger partial charge in [-0.1, -0.05) is 30.3 Å². The number of aromatic amines is 1. The number of halogens is 1. The summed E-state index contributed by atoms with van der Waals surface area (Å²) in [4.78, 5) is 18.0. The lowest BCUT2D eigenvalue weighted by molar-refractivity contribution is -0.136. The van der Waals surface area contributed by atoms with Crippen molar-refractivity contribution in [1.82, 2.24) is 9.97 Å². The number of H-pyrrole nitrogens is 1. The number of carbonyl (C=O) groups is 1. The van der Waals surface area contributed by atoms with Crippen LogP contribution >= 0.6 is 12.4 Å². The molecular weight excluding hydrogens is 240 g/mol. The van der Waals surface area contributed by atoms with Crippen LogP contribution < -0.4 is 0 Å². The third kappa shape index (κ3) is 3.07. The molecule has 0 amide bonds. The van der Waals surface area contributed by atoms with Gasteiger partial charge in [0.15, 0.2) is 0 Å². The fraction of sp³-hybridized carbons (Fsp3) is 0.167. The molecule has 0 unspecified atom stereocenters. The molecule has 0 saturated heterocycles. The fourth-order valence-electron chi connectivity index (χ4n) is 1.54. The number of rotatable bonds is 3. The van der Waals surface area contributed by atoms with Crippen LogP contribution in [0.2, 0.25) is 0 Å². The zero-order chi connectivity index (χ0) is 11.5. The monoisotopic (exact) mass is 252 g/mol. The Kier molecular flexibility index (Phi) is 4.29. The summed E-state index contributed by atoms with van der Waals surface area (Å²) in [6, 6.07) is 9.64. The second kappa shape index (κ2) is 5.50. The van der Waals surface area contributed by atoms with Gasteiger partial charge in [-0.05, 0) is 6.92 Å². The molecule has 17 heavy (non-hydrogen) atoms. The highest BCUT2D eigenvalue weighted by atomic mass is 35.5. The molecule has 0 saturated carbocycles. The Hall–Kier alpha value is -1.81. The van der Waals surface area contributed by atoms with Crippen LogP contribution in [0, 0.1) is 6.92 Å². The Morgan fingerprint density at radius 2 is 2.00 bits per heavy atom. The first-order valence-corrected chi connectivity index (χ1v) is 4.99. The van der Waals surface area contributed by atoms with Gasteiger partial charge in [0.05, 0.1) is 12.1 Å². The smallest absolute Gasteiger partial charge is 0.309 e. The number of aromatic nitrogens is 2. The average molecular weight is 253 g/mol. The van der Waals surface area contributed by atoms with E-state index < -0.39 is 5.97 Å². The molecule has 0 aliphatic rings. The quantitative estimate of drug-likeness (QED) is 0.882. The van der Waals surface area contributed by atoms with Crippen LogP contribution in [0.1, 0.15) is 11.4 Å². The second-order valence-corrected chi connectivity index (χ2v) is 3.59. The number of carboxylic acid groups (broad SMARTS) is 1. The molecule has 5 heteroatoms. The van der Waals surface area contributed by atoms with Crippen LogP contribution in [-0.4, -0.2) is 21.0 Å². The molecule has 0 aliphatic carbocycles. The largest absolute Gasteiger partial charge is 0.481 e. The van der Waals surface area contributed by atoms with E-state index in [9.17, 15) is 4.79 Å². The standard InChI is InChI=1S/C12H12N2O2.ClH/c1-8-10(7-11(15)16)14-12(13-8)9-5-3-2-4-6-9;/h2-6H,7H2,1H3,(H,13,14)(H,15,16);1H. The van der Waals surface area contributed by atoms with Gasteiger partial charge in [0.2, 0.25) is 0 Å². The molecule has 0 atom stereocenters. The summed E-state index contributed by atoms with van der Waals surface area (Å²) in [5.41, 5.74) is 2.36. The summed E-state index contributed by atoms with van der Waals surface area (Å²) in [7, 11) is 0. The first-order chi connectivity index (χ1) is 7.66. The van der Waals surface area contributed by atoms with Crippen molar-refractivity contribution < 1.29 is 9.90 Å². The molecule has 0 fully saturated rings. The van der Waals surface area contributed by atoms with Crippen molar-refractivity contribution in [2.75, 3.05) is 0 Å². The number of benzene rings is 1. The molecule has 90 valence electrons. The van der Waals surface area contributed by atoms with Crippen molar-refractivity contribution in [2.24, 2.45) is 0 Å². The van der Waals surface area contributed by atoms with Crippen molar-refractivity contribution in [2.45, 2.75) is 13.3 Å². The molecule has 0 spiro atoms. The molecular formula is C12H13ClN2O2. The van der Waals surface area contributed by atoms with Crippen LogP contribution in [0.4, 0.5) is 0 Å². The van der Waals surface area contributed by atoms with Crippen molar-refractivity contribution in [3.8, 4) is 11.4 Å². The maximum Gasteiger partial charge on any atom is 0.309 e. The highest BCUT2D eigenvalue weighted by Crippen LogP contribution is 2.17. The van der Waals surface area contributed by atoms with E-state index in [1.807, 2.05) is 37.3 Å². The third-order valence-electron chi connectivity index (χ3n) is 2.35. The van der Waals surface area contributed by atoms with Gasteiger partial charge >= 0.3 is 5.97 Å². The minimum absolute atomic E-state index is 0. The number of carboxylic acids is 1. The Morgan fingerprint density at radius 3 is 2.59 bits per heavy atom. The lowest BCUT2D eigenvalue weighted by atomic mass is 10.2. The first kappa shape index (κ1) is 13.3. The SMILES string of the molecule is Cc1[nH]c(-c2ccccc2)nc1CC(=O)O.Cl. The molecule has 0 radical (unpaired) electrons. The van der Waals surface area contributed by atoms with E-state index in [-0.39, 0.29) is 18.8 Å². The molecule has 0 bridgehead atoms. The first-order valence-electron chi connectivity index (χ1n) is 4.99. The Morgan fingerprint density at radius 1 is 1.35 bits per heavy atom. The molecule has 4 nitrogen and oxygen atoms in total. The van der Waals surface area contributed by atoms with E-state index in [2.05, 4.69) is 9.97 Å². The second-order valence-electron chi connectivity index (χ2n) is 3.59. The zero-order valence-corrected chi connectivity index (χ0v) is 10.1. The molecule has 2 aromatic rings. The summed E-state index contributed by atoms with van der Waals surface area (Å²) in [6.45, 7) is 1.83. The van der Waals surface area contributed by atoms with E-state index in [1.54, 1.807) is 0 Å². The highest BCUT2D eigenvalue weighted by molar-refractivity contribution is 5.85. The molecule has 1 aromatic heterocycles. The fourth-order valence-corrected chi connectivity index (χ4v) is 1.54. The van der Waals surface area contributed by atoms with Crippen LogP contribution in [-0.2, 0) is 11.2 Å². The van der Waals surface area contributed by atoms with Crippen LogP contribution in [0.15, 0.2) is 30.3 Å². The Labute approximate surface area is 105 Å². The van der Waals surface area contributed by atoms with Crippen LogP contribution in [0.3, 0.4) is 0 Å². The molecule has 1 heterocycles. The predicted octanol–water partition coefficient (Wildman–Crippen LogP) is 2.43. The summed E-state index contributed by atoms with van der Waals surface area (Å²) in [5.74, 6) is -0.149. The van der Waals surface area contributed by atoms with Gasteiger partial charge in [-0.2, -0.15) is 0 Å². The number of nitrogens with one attached hydrogen (secondary N) is 1. The van der Waals surface area contributed by atoms with Crippen molar-refractivity contribution in [3.63, 3.8) is 0 Å². The van der Waals surface area contributed by atoms with Gasteiger partial charge in [-0.3, -0.25) is 4.79 Å². The van der Waals surface area contributed by atoms with Gasteiger partial charge < -0.3 is 10.1 Å². The van der Waals surface area contributed by atoms with Gasteiger partial charge in [0.25, 0.3) is 0 Å². The van der Waals surface area contributed by atoms with Crippen molar-refractivity contribution >= 4 is 18.4 Å². The lowest BCUT2D eigenvalue weighted by Gasteiger charge is -1.93. The van der Waals surface area contributed by atoms with Gasteiger partial charge in [0.1, 0.15) is 5.82 Å². The Bertz CT molecular complexity index is 508. The number of hydrogen-bond donors (Lipinski definition) is 2. The van der Waals surface area contributed by atoms with Gasteiger partial charge in [-0.15, -0.1) is 12.4 Å². The topological polar surface area (TPSA) is 66.0 Å². The average Bonchev–Trinajstić information content (AvgIpc) is 2.61. The third-order valence-corrected chi connectivity index (χ3v) is 2.35. The van der Waals surface area contributed by atoms with E-state index >= 15 is 0 Å². The minimum Gasteiger partial charge on any atom is -0.481 e. The van der Waals surface area contributed by atoms with E-state index in [0.717, 1.165) is 11.3 Å². The van der Waals surface area contributed by atoms with Crippen LogP contribution in [0.5, 0.6) is 0 Å². The van der Waals surface area contributed by atoms with Crippen molar-refractivity contribution in [3.05, 3.63) is 41.7 Å². The van der Waals surface area contributed by atoms with E-state index in [0.29, 0.717) is 11.5 Å². The minimum atomic E-state index is -0.866. The van der Waals surface area contributed by atoms with E-state index in [4.69, 9.17) is 5.11 Å². The highest BCUT2D eigenvalue weighted by Gasteiger charge is 2.10. The molecule has 2 N–H and O–H groups in total. The molecule has 0 aliphatic heterocycles. The molecule has 1 aromatic carbocycles. The van der Waals surface area contributed by atoms with E-state index in [1.165, 1.54) is 0 Å². The predicted molar refractivity (Wildman–Crippen MR) is 67.3 cm³/mol. The maximum atomic E-state index is 10.6. The number of hydrogen-bond acceptors (Lipinski definition) is 2. The number of nitrogens with zero attached hydrogens (tertiary/aromatic N) is 1. The summed E-state index contributed by atoms with van der Waals surface area (Å²) in [5, 5.41) is 8.72. The van der Waals surface area contributed by atoms with Crippen LogP contribution in [0.25, 0.3) is 11.4 Å². The number of imidazole rings is 1. The molecule has 2 rings (SSSR count). The lowest BCUT2D eigenvalue weighted by Crippen LogP contribution is -2.01.